The highest BCUT2D eigenvalue weighted by atomic mass is 35.5. The molecular formula is C16H17ClN2O4S. The minimum Gasteiger partial charge on any atom is -0.394 e. The summed E-state index contributed by atoms with van der Waals surface area (Å²) in [7, 11) is 0. The Kier molecular flexibility index (Phi) is 5.47. The van der Waals surface area contributed by atoms with Gasteiger partial charge in [0.15, 0.2) is 0 Å². The second kappa shape index (κ2) is 7.58. The van der Waals surface area contributed by atoms with Crippen molar-refractivity contribution in [1.29, 1.82) is 0 Å². The third kappa shape index (κ3) is 3.76. The van der Waals surface area contributed by atoms with Crippen LogP contribution < -0.4 is 5.32 Å². The highest BCUT2D eigenvalue weighted by Gasteiger charge is 2.36. The molecule has 1 aliphatic rings. The summed E-state index contributed by atoms with van der Waals surface area (Å²) in [5.74, 6) is -0.297. The molecule has 8 heteroatoms. The van der Waals surface area contributed by atoms with Gasteiger partial charge in [0.2, 0.25) is 0 Å². The van der Waals surface area contributed by atoms with Gasteiger partial charge in [-0.2, -0.15) is 0 Å². The van der Waals surface area contributed by atoms with Crippen molar-refractivity contribution in [3.05, 3.63) is 50.9 Å². The van der Waals surface area contributed by atoms with Gasteiger partial charge in [-0.3, -0.25) is 4.79 Å². The Bertz CT molecular complexity index is 724. The van der Waals surface area contributed by atoms with E-state index in [1.54, 1.807) is 11.4 Å². The zero-order chi connectivity index (χ0) is 17.1. The SMILES string of the molecule is O=C(NCc1ccccc1Cl)c1csc([C@H]2C[C@H](O)[C@@H](CO)O2)n1. The fourth-order valence-corrected chi connectivity index (χ4v) is 3.55. The molecule has 6 nitrogen and oxygen atoms in total. The summed E-state index contributed by atoms with van der Waals surface area (Å²) in [5.41, 5.74) is 1.13. The molecule has 3 rings (SSSR count). The van der Waals surface area contributed by atoms with Gasteiger partial charge in [-0.15, -0.1) is 11.3 Å². The lowest BCUT2D eigenvalue weighted by molar-refractivity contribution is -0.0226. The van der Waals surface area contributed by atoms with Crippen LogP contribution in [0.2, 0.25) is 5.02 Å². The molecule has 0 bridgehead atoms. The predicted octanol–water partition coefficient (Wildman–Crippen LogP) is 1.91. The molecule has 3 atom stereocenters. The van der Waals surface area contributed by atoms with Crippen LogP contribution in [0.5, 0.6) is 0 Å². The van der Waals surface area contributed by atoms with Crippen molar-refractivity contribution in [2.45, 2.75) is 31.3 Å². The maximum atomic E-state index is 12.2. The van der Waals surface area contributed by atoms with Crippen LogP contribution in [0, 0.1) is 0 Å². The lowest BCUT2D eigenvalue weighted by Gasteiger charge is -2.10. The van der Waals surface area contributed by atoms with Crippen molar-refractivity contribution in [2.24, 2.45) is 0 Å². The number of benzene rings is 1. The summed E-state index contributed by atoms with van der Waals surface area (Å²) in [4.78, 5) is 16.5. The minimum absolute atomic E-state index is 0.242. The van der Waals surface area contributed by atoms with Gasteiger partial charge in [-0.25, -0.2) is 4.98 Å². The lowest BCUT2D eigenvalue weighted by atomic mass is 10.1. The van der Waals surface area contributed by atoms with Crippen molar-refractivity contribution in [3.8, 4) is 0 Å². The zero-order valence-electron chi connectivity index (χ0n) is 12.7. The molecule has 1 fully saturated rings. The molecule has 0 spiro atoms. The standard InChI is InChI=1S/C16H17ClN2O4S/c17-10-4-2-1-3-9(10)6-18-15(22)11-8-24-16(19-11)13-5-12(21)14(7-20)23-13/h1-4,8,12-14,20-21H,5-7H2,(H,18,22)/t12-,13+,14+/m0/s1. The Labute approximate surface area is 148 Å². The normalized spacial score (nSPS) is 23.4. The van der Waals surface area contributed by atoms with Crippen molar-refractivity contribution in [3.63, 3.8) is 0 Å². The maximum Gasteiger partial charge on any atom is 0.271 e. The van der Waals surface area contributed by atoms with Gasteiger partial charge in [0.1, 0.15) is 22.9 Å². The van der Waals surface area contributed by atoms with E-state index in [2.05, 4.69) is 10.3 Å². The molecule has 24 heavy (non-hydrogen) atoms. The number of carbonyl (C=O) groups is 1. The first-order valence-electron chi connectivity index (χ1n) is 7.50. The predicted molar refractivity (Wildman–Crippen MR) is 90.1 cm³/mol. The van der Waals surface area contributed by atoms with Crippen molar-refractivity contribution in [2.75, 3.05) is 6.61 Å². The molecule has 1 aromatic heterocycles. The molecule has 1 aliphatic heterocycles. The van der Waals surface area contributed by atoms with Gasteiger partial charge < -0.3 is 20.3 Å². The Morgan fingerprint density at radius 1 is 1.46 bits per heavy atom. The molecule has 2 aromatic rings. The Balaban J connectivity index is 1.61. The number of hydrogen-bond donors (Lipinski definition) is 3. The molecular weight excluding hydrogens is 352 g/mol. The van der Waals surface area contributed by atoms with Crippen LogP contribution in [0.1, 0.15) is 33.6 Å². The van der Waals surface area contributed by atoms with Crippen LogP contribution in [-0.4, -0.2) is 39.9 Å². The fourth-order valence-electron chi connectivity index (χ4n) is 2.50. The van der Waals surface area contributed by atoms with E-state index >= 15 is 0 Å². The quantitative estimate of drug-likeness (QED) is 0.749. The van der Waals surface area contributed by atoms with Crippen LogP contribution in [0.4, 0.5) is 0 Å². The number of amides is 1. The Hall–Kier alpha value is -1.51. The minimum atomic E-state index is -0.721. The number of aromatic nitrogens is 1. The topological polar surface area (TPSA) is 91.7 Å². The van der Waals surface area contributed by atoms with E-state index in [1.165, 1.54) is 11.3 Å². The molecule has 1 saturated heterocycles. The summed E-state index contributed by atoms with van der Waals surface area (Å²) < 4.78 is 5.55. The van der Waals surface area contributed by atoms with Crippen LogP contribution in [-0.2, 0) is 11.3 Å². The van der Waals surface area contributed by atoms with E-state index in [1.807, 2.05) is 18.2 Å². The first kappa shape index (κ1) is 17.3. The summed E-state index contributed by atoms with van der Waals surface area (Å²) in [5, 5.41) is 24.5. The summed E-state index contributed by atoms with van der Waals surface area (Å²) in [6.45, 7) is 0.0742. The number of aliphatic hydroxyl groups is 2. The Morgan fingerprint density at radius 2 is 2.25 bits per heavy atom. The first-order valence-corrected chi connectivity index (χ1v) is 8.75. The second-order valence-corrected chi connectivity index (χ2v) is 6.79. The van der Waals surface area contributed by atoms with Crippen LogP contribution >= 0.6 is 22.9 Å². The van der Waals surface area contributed by atoms with Gasteiger partial charge in [0, 0.05) is 23.4 Å². The smallest absolute Gasteiger partial charge is 0.271 e. The van der Waals surface area contributed by atoms with Crippen molar-refractivity contribution >= 4 is 28.8 Å². The van der Waals surface area contributed by atoms with Gasteiger partial charge in [0.05, 0.1) is 12.7 Å². The highest BCUT2D eigenvalue weighted by Crippen LogP contribution is 2.34. The van der Waals surface area contributed by atoms with E-state index in [-0.39, 0.29) is 12.5 Å². The molecule has 3 N–H and O–H groups in total. The number of halogens is 1. The van der Waals surface area contributed by atoms with Crippen LogP contribution in [0.15, 0.2) is 29.6 Å². The molecule has 1 aromatic carbocycles. The van der Waals surface area contributed by atoms with Gasteiger partial charge in [-0.1, -0.05) is 29.8 Å². The van der Waals surface area contributed by atoms with E-state index < -0.39 is 18.3 Å². The van der Waals surface area contributed by atoms with E-state index in [0.29, 0.717) is 28.7 Å². The number of carbonyl (C=O) groups excluding carboxylic acids is 1. The molecule has 0 aliphatic carbocycles. The number of ether oxygens (including phenoxy) is 1. The summed E-state index contributed by atoms with van der Waals surface area (Å²) in [6, 6.07) is 7.30. The van der Waals surface area contributed by atoms with Gasteiger partial charge in [0.25, 0.3) is 5.91 Å². The Morgan fingerprint density at radius 3 is 2.96 bits per heavy atom. The second-order valence-electron chi connectivity index (χ2n) is 5.49. The van der Waals surface area contributed by atoms with Crippen molar-refractivity contribution < 1.29 is 19.7 Å². The summed E-state index contributed by atoms with van der Waals surface area (Å²) in [6.07, 6.45) is -1.36. The van der Waals surface area contributed by atoms with Gasteiger partial charge in [-0.05, 0) is 11.6 Å². The molecule has 0 saturated carbocycles. The zero-order valence-corrected chi connectivity index (χ0v) is 14.3. The van der Waals surface area contributed by atoms with E-state index in [0.717, 1.165) is 5.56 Å². The third-order valence-corrected chi connectivity index (χ3v) is 5.14. The van der Waals surface area contributed by atoms with E-state index in [9.17, 15) is 9.90 Å². The molecule has 128 valence electrons. The number of rotatable bonds is 5. The van der Waals surface area contributed by atoms with Gasteiger partial charge >= 0.3 is 0 Å². The monoisotopic (exact) mass is 368 g/mol. The number of thiazole rings is 1. The number of aliphatic hydroxyl groups excluding tert-OH is 2. The average molecular weight is 369 g/mol. The number of nitrogens with one attached hydrogen (secondary N) is 1. The number of hydrogen-bond acceptors (Lipinski definition) is 6. The molecule has 1 amide bonds. The molecule has 0 radical (unpaired) electrons. The highest BCUT2D eigenvalue weighted by molar-refractivity contribution is 7.09. The van der Waals surface area contributed by atoms with E-state index in [4.69, 9.17) is 21.4 Å². The molecule has 2 heterocycles. The lowest BCUT2D eigenvalue weighted by Crippen LogP contribution is -2.24. The first-order chi connectivity index (χ1) is 11.6. The average Bonchev–Trinajstić information content (AvgIpc) is 3.20. The van der Waals surface area contributed by atoms with Crippen LogP contribution in [0.3, 0.4) is 0 Å². The summed E-state index contributed by atoms with van der Waals surface area (Å²) >= 11 is 7.36. The number of nitrogens with zero attached hydrogens (tertiary/aromatic N) is 1. The van der Waals surface area contributed by atoms with Crippen molar-refractivity contribution in [1.82, 2.24) is 10.3 Å². The largest absolute Gasteiger partial charge is 0.394 e. The maximum absolute atomic E-state index is 12.2. The third-order valence-electron chi connectivity index (χ3n) is 3.83. The van der Waals surface area contributed by atoms with Crippen LogP contribution in [0.25, 0.3) is 0 Å². The fraction of sp³-hybridized carbons (Fsp3) is 0.375. The molecule has 0 unspecified atom stereocenters.